The highest BCUT2D eigenvalue weighted by Gasteiger charge is 2.14. The van der Waals surface area contributed by atoms with Crippen LogP contribution in [0.3, 0.4) is 0 Å². The molecule has 0 aliphatic carbocycles. The molecule has 28 heavy (non-hydrogen) atoms. The van der Waals surface area contributed by atoms with Gasteiger partial charge in [-0.1, -0.05) is 17.4 Å². The number of halogens is 2. The zero-order valence-corrected chi connectivity index (χ0v) is 15.4. The predicted molar refractivity (Wildman–Crippen MR) is 101 cm³/mol. The standard InChI is InChI=1S/C18H15F2N5O2S/c1-10-2-5-13(8-14(10)20)23-18(27)21-9-15-24-25-17(28-15)16(26)22-12-6-3-11(19)4-7-12/h2-8H,9H2,1H3,(H,22,26)(H2,21,23,27). The Kier molecular flexibility index (Phi) is 5.90. The normalized spacial score (nSPS) is 10.4. The molecule has 0 unspecified atom stereocenters. The Hall–Kier alpha value is -3.40. The van der Waals surface area contributed by atoms with E-state index in [1.807, 2.05) is 0 Å². The monoisotopic (exact) mass is 403 g/mol. The van der Waals surface area contributed by atoms with Crippen LogP contribution in [0.1, 0.15) is 20.4 Å². The molecule has 0 saturated carbocycles. The molecule has 3 amide bonds. The highest BCUT2D eigenvalue weighted by molar-refractivity contribution is 7.13. The Bertz CT molecular complexity index is 1010. The van der Waals surface area contributed by atoms with Gasteiger partial charge in [0, 0.05) is 11.4 Å². The molecule has 0 aliphatic heterocycles. The first kappa shape index (κ1) is 19.4. The highest BCUT2D eigenvalue weighted by atomic mass is 32.1. The molecule has 1 heterocycles. The van der Waals surface area contributed by atoms with Crippen molar-refractivity contribution in [3.63, 3.8) is 0 Å². The first-order chi connectivity index (χ1) is 13.4. The van der Waals surface area contributed by atoms with Crippen LogP contribution < -0.4 is 16.0 Å². The first-order valence-corrected chi connectivity index (χ1v) is 8.92. The minimum absolute atomic E-state index is 0.0433. The molecule has 0 fully saturated rings. The minimum atomic E-state index is -0.546. The van der Waals surface area contributed by atoms with Crippen LogP contribution in [0, 0.1) is 18.6 Å². The Balaban J connectivity index is 1.52. The van der Waals surface area contributed by atoms with E-state index < -0.39 is 23.6 Å². The van der Waals surface area contributed by atoms with Gasteiger partial charge in [0.05, 0.1) is 6.54 Å². The lowest BCUT2D eigenvalue weighted by Crippen LogP contribution is -2.28. The van der Waals surface area contributed by atoms with E-state index in [1.54, 1.807) is 19.1 Å². The Morgan fingerprint density at radius 1 is 1.00 bits per heavy atom. The van der Waals surface area contributed by atoms with E-state index in [0.29, 0.717) is 21.9 Å². The van der Waals surface area contributed by atoms with Crippen molar-refractivity contribution >= 4 is 34.6 Å². The van der Waals surface area contributed by atoms with Crippen LogP contribution in [-0.2, 0) is 6.54 Å². The second kappa shape index (κ2) is 8.53. The molecule has 1 aromatic heterocycles. The lowest BCUT2D eigenvalue weighted by molar-refractivity contribution is 0.102. The van der Waals surface area contributed by atoms with Gasteiger partial charge in [-0.3, -0.25) is 4.79 Å². The summed E-state index contributed by atoms with van der Waals surface area (Å²) in [6.07, 6.45) is 0. The largest absolute Gasteiger partial charge is 0.331 e. The average Bonchev–Trinajstić information content (AvgIpc) is 3.14. The average molecular weight is 403 g/mol. The van der Waals surface area contributed by atoms with Gasteiger partial charge >= 0.3 is 6.03 Å². The van der Waals surface area contributed by atoms with Gasteiger partial charge < -0.3 is 16.0 Å². The number of hydrogen-bond acceptors (Lipinski definition) is 5. The van der Waals surface area contributed by atoms with Crippen molar-refractivity contribution in [2.75, 3.05) is 10.6 Å². The van der Waals surface area contributed by atoms with Crippen LogP contribution in [0.2, 0.25) is 0 Å². The number of urea groups is 1. The Morgan fingerprint density at radius 3 is 2.43 bits per heavy atom. The summed E-state index contributed by atoms with van der Waals surface area (Å²) in [5, 5.41) is 15.8. The van der Waals surface area contributed by atoms with Crippen molar-refractivity contribution in [3.05, 3.63) is 69.7 Å². The fourth-order valence-corrected chi connectivity index (χ4v) is 2.81. The number of hydrogen-bond donors (Lipinski definition) is 3. The summed E-state index contributed by atoms with van der Waals surface area (Å²) in [6.45, 7) is 1.67. The van der Waals surface area contributed by atoms with Gasteiger partial charge in [-0.25, -0.2) is 13.6 Å². The molecular formula is C18H15F2N5O2S. The molecule has 2 aromatic carbocycles. The third kappa shape index (κ3) is 5.07. The van der Waals surface area contributed by atoms with Crippen molar-refractivity contribution in [1.82, 2.24) is 15.5 Å². The molecule has 7 nitrogen and oxygen atoms in total. The molecule has 3 rings (SSSR count). The summed E-state index contributed by atoms with van der Waals surface area (Å²) in [5.41, 5.74) is 1.22. The van der Waals surface area contributed by atoms with Gasteiger partial charge in [0.2, 0.25) is 5.01 Å². The van der Waals surface area contributed by atoms with Crippen LogP contribution in [0.5, 0.6) is 0 Å². The summed E-state index contributed by atoms with van der Waals surface area (Å²) in [4.78, 5) is 24.0. The number of amides is 3. The third-order valence-electron chi connectivity index (χ3n) is 3.59. The Labute approximate surface area is 162 Å². The van der Waals surface area contributed by atoms with Gasteiger partial charge in [-0.2, -0.15) is 0 Å². The summed E-state index contributed by atoms with van der Waals surface area (Å²) in [6, 6.07) is 9.12. The van der Waals surface area contributed by atoms with Crippen molar-refractivity contribution in [2.24, 2.45) is 0 Å². The molecule has 0 spiro atoms. The number of benzene rings is 2. The molecule has 0 saturated heterocycles. The second-order valence-electron chi connectivity index (χ2n) is 5.73. The number of nitrogens with one attached hydrogen (secondary N) is 3. The molecule has 0 atom stereocenters. The van der Waals surface area contributed by atoms with Crippen molar-refractivity contribution in [3.8, 4) is 0 Å². The van der Waals surface area contributed by atoms with Gasteiger partial charge in [0.25, 0.3) is 5.91 Å². The molecule has 0 radical (unpaired) electrons. The number of aryl methyl sites for hydroxylation is 1. The van der Waals surface area contributed by atoms with E-state index in [-0.39, 0.29) is 11.6 Å². The van der Waals surface area contributed by atoms with Crippen molar-refractivity contribution < 1.29 is 18.4 Å². The zero-order chi connectivity index (χ0) is 20.1. The fraction of sp³-hybridized carbons (Fsp3) is 0.111. The zero-order valence-electron chi connectivity index (χ0n) is 14.6. The van der Waals surface area contributed by atoms with E-state index in [2.05, 4.69) is 26.1 Å². The lowest BCUT2D eigenvalue weighted by atomic mass is 10.2. The minimum Gasteiger partial charge on any atom is -0.331 e. The Morgan fingerprint density at radius 2 is 1.71 bits per heavy atom. The number of rotatable bonds is 5. The molecule has 3 N–H and O–H groups in total. The number of carbonyl (C=O) groups is 2. The van der Waals surface area contributed by atoms with Gasteiger partial charge in [0.1, 0.15) is 16.6 Å². The van der Waals surface area contributed by atoms with Crippen LogP contribution in [0.15, 0.2) is 42.5 Å². The number of anilines is 2. The van der Waals surface area contributed by atoms with E-state index in [0.717, 1.165) is 11.3 Å². The third-order valence-corrected chi connectivity index (χ3v) is 4.52. The summed E-state index contributed by atoms with van der Waals surface area (Å²) in [7, 11) is 0. The van der Waals surface area contributed by atoms with Crippen LogP contribution in [0.25, 0.3) is 0 Å². The SMILES string of the molecule is Cc1ccc(NC(=O)NCc2nnc(C(=O)Nc3ccc(F)cc3)s2)cc1F. The molecule has 3 aromatic rings. The molecule has 144 valence electrons. The van der Waals surface area contributed by atoms with Gasteiger partial charge in [0.15, 0.2) is 0 Å². The quantitative estimate of drug-likeness (QED) is 0.605. The van der Waals surface area contributed by atoms with E-state index in [4.69, 9.17) is 0 Å². The van der Waals surface area contributed by atoms with E-state index in [1.165, 1.54) is 30.3 Å². The van der Waals surface area contributed by atoms with Crippen LogP contribution >= 0.6 is 11.3 Å². The van der Waals surface area contributed by atoms with Gasteiger partial charge in [-0.15, -0.1) is 10.2 Å². The topological polar surface area (TPSA) is 96.0 Å². The van der Waals surface area contributed by atoms with Crippen molar-refractivity contribution in [2.45, 2.75) is 13.5 Å². The second-order valence-corrected chi connectivity index (χ2v) is 6.80. The summed E-state index contributed by atoms with van der Waals surface area (Å²) < 4.78 is 26.4. The van der Waals surface area contributed by atoms with Gasteiger partial charge in [-0.05, 0) is 48.9 Å². The lowest BCUT2D eigenvalue weighted by Gasteiger charge is -2.07. The molecule has 10 heteroatoms. The summed E-state index contributed by atoms with van der Waals surface area (Å²) in [5.74, 6) is -1.32. The highest BCUT2D eigenvalue weighted by Crippen LogP contribution is 2.15. The number of carbonyl (C=O) groups excluding carboxylic acids is 2. The molecular weight excluding hydrogens is 388 g/mol. The molecule has 0 bridgehead atoms. The first-order valence-electron chi connectivity index (χ1n) is 8.11. The van der Waals surface area contributed by atoms with Crippen LogP contribution in [0.4, 0.5) is 25.0 Å². The maximum absolute atomic E-state index is 13.5. The number of aromatic nitrogens is 2. The maximum atomic E-state index is 13.5. The van der Waals surface area contributed by atoms with E-state index >= 15 is 0 Å². The predicted octanol–water partition coefficient (Wildman–Crippen LogP) is 3.70. The molecule has 0 aliphatic rings. The smallest absolute Gasteiger partial charge is 0.319 e. The fourth-order valence-electron chi connectivity index (χ4n) is 2.14. The van der Waals surface area contributed by atoms with E-state index in [9.17, 15) is 18.4 Å². The summed E-state index contributed by atoms with van der Waals surface area (Å²) >= 11 is 1.01. The van der Waals surface area contributed by atoms with Crippen molar-refractivity contribution in [1.29, 1.82) is 0 Å². The maximum Gasteiger partial charge on any atom is 0.319 e. The van der Waals surface area contributed by atoms with Crippen LogP contribution in [-0.4, -0.2) is 22.1 Å². The number of nitrogens with zero attached hydrogens (tertiary/aromatic N) is 2.